The summed E-state index contributed by atoms with van der Waals surface area (Å²) in [6.07, 6.45) is 0. The quantitative estimate of drug-likeness (QED) is 0.814. The van der Waals surface area contributed by atoms with E-state index in [1.807, 2.05) is 25.5 Å². The number of nitrogens with zero attached hydrogens (tertiary/aromatic N) is 6. The summed E-state index contributed by atoms with van der Waals surface area (Å²) in [6, 6.07) is -0.0152. The van der Waals surface area contributed by atoms with Gasteiger partial charge in [-0.1, -0.05) is 0 Å². The van der Waals surface area contributed by atoms with Gasteiger partial charge in [0.25, 0.3) is 0 Å². The SMILES string of the molecule is Cc1nn(Cc2nnn(C)n2)c(C)c1C(C)N. The molecule has 0 aliphatic rings. The standard InChI is InChI=1S/C10H17N7/c1-6(11)10-7(2)13-17(8(10)3)5-9-12-15-16(4)14-9/h6H,5,11H2,1-4H3. The maximum Gasteiger partial charge on any atom is 0.196 e. The van der Waals surface area contributed by atoms with Gasteiger partial charge < -0.3 is 5.73 Å². The van der Waals surface area contributed by atoms with Crippen LogP contribution in [0.1, 0.15) is 35.7 Å². The average molecular weight is 235 g/mol. The number of hydrogen-bond acceptors (Lipinski definition) is 5. The van der Waals surface area contributed by atoms with Gasteiger partial charge in [0.1, 0.15) is 6.54 Å². The summed E-state index contributed by atoms with van der Waals surface area (Å²) in [7, 11) is 1.74. The third-order valence-electron chi connectivity index (χ3n) is 2.73. The minimum absolute atomic E-state index is 0.0152. The van der Waals surface area contributed by atoms with E-state index in [-0.39, 0.29) is 6.04 Å². The fourth-order valence-electron chi connectivity index (χ4n) is 2.04. The highest BCUT2D eigenvalue weighted by atomic mass is 15.6. The molecule has 2 rings (SSSR count). The van der Waals surface area contributed by atoms with E-state index >= 15 is 0 Å². The summed E-state index contributed by atoms with van der Waals surface area (Å²) >= 11 is 0. The number of aromatic nitrogens is 6. The summed E-state index contributed by atoms with van der Waals surface area (Å²) in [6.45, 7) is 6.45. The minimum Gasteiger partial charge on any atom is -0.324 e. The molecular weight excluding hydrogens is 218 g/mol. The molecule has 2 heterocycles. The molecule has 0 fully saturated rings. The van der Waals surface area contributed by atoms with E-state index in [4.69, 9.17) is 5.73 Å². The summed E-state index contributed by atoms with van der Waals surface area (Å²) in [5, 5.41) is 16.3. The molecule has 0 saturated carbocycles. The van der Waals surface area contributed by atoms with Crippen molar-refractivity contribution in [1.82, 2.24) is 30.0 Å². The van der Waals surface area contributed by atoms with Crippen molar-refractivity contribution in [2.45, 2.75) is 33.4 Å². The van der Waals surface area contributed by atoms with Gasteiger partial charge in [-0.25, -0.2) is 0 Å². The Hall–Kier alpha value is -1.76. The highest BCUT2D eigenvalue weighted by Gasteiger charge is 2.15. The van der Waals surface area contributed by atoms with Crippen molar-refractivity contribution in [3.63, 3.8) is 0 Å². The Balaban J connectivity index is 2.31. The first-order chi connectivity index (χ1) is 7.99. The Morgan fingerprint density at radius 1 is 1.29 bits per heavy atom. The van der Waals surface area contributed by atoms with Gasteiger partial charge in [-0.15, -0.1) is 10.2 Å². The molecule has 2 aromatic heterocycles. The largest absolute Gasteiger partial charge is 0.324 e. The lowest BCUT2D eigenvalue weighted by atomic mass is 10.1. The number of nitrogens with two attached hydrogens (primary N) is 1. The van der Waals surface area contributed by atoms with Crippen LogP contribution in [0.3, 0.4) is 0 Å². The molecule has 0 amide bonds. The molecule has 0 saturated heterocycles. The first kappa shape index (κ1) is 11.7. The maximum atomic E-state index is 5.93. The van der Waals surface area contributed by atoms with Gasteiger partial charge in [0.05, 0.1) is 12.7 Å². The van der Waals surface area contributed by atoms with Crippen LogP contribution in [-0.4, -0.2) is 30.0 Å². The van der Waals surface area contributed by atoms with Crippen LogP contribution in [0, 0.1) is 13.8 Å². The van der Waals surface area contributed by atoms with Gasteiger partial charge in [-0.2, -0.15) is 9.90 Å². The lowest BCUT2D eigenvalue weighted by molar-refractivity contribution is 0.609. The van der Waals surface area contributed by atoms with Gasteiger partial charge in [-0.05, 0) is 26.0 Å². The zero-order valence-electron chi connectivity index (χ0n) is 10.5. The Morgan fingerprint density at radius 2 is 2.00 bits per heavy atom. The zero-order valence-corrected chi connectivity index (χ0v) is 10.5. The Morgan fingerprint density at radius 3 is 2.47 bits per heavy atom. The van der Waals surface area contributed by atoms with Crippen molar-refractivity contribution in [1.29, 1.82) is 0 Å². The van der Waals surface area contributed by atoms with Crippen LogP contribution in [0.25, 0.3) is 0 Å². The second-order valence-electron chi connectivity index (χ2n) is 4.23. The molecule has 7 nitrogen and oxygen atoms in total. The van der Waals surface area contributed by atoms with Gasteiger partial charge in [-0.3, -0.25) is 4.68 Å². The van der Waals surface area contributed by atoms with Gasteiger partial charge in [0, 0.05) is 17.3 Å². The van der Waals surface area contributed by atoms with Crippen molar-refractivity contribution in [3.8, 4) is 0 Å². The lowest BCUT2D eigenvalue weighted by Gasteiger charge is -2.06. The summed E-state index contributed by atoms with van der Waals surface area (Å²) < 4.78 is 1.87. The van der Waals surface area contributed by atoms with Crippen LogP contribution in [0.5, 0.6) is 0 Å². The van der Waals surface area contributed by atoms with E-state index in [1.54, 1.807) is 7.05 Å². The second-order valence-corrected chi connectivity index (χ2v) is 4.23. The van der Waals surface area contributed by atoms with E-state index in [0.717, 1.165) is 17.0 Å². The summed E-state index contributed by atoms with van der Waals surface area (Å²) in [5.41, 5.74) is 9.04. The van der Waals surface area contributed by atoms with E-state index in [9.17, 15) is 0 Å². The number of rotatable bonds is 3. The van der Waals surface area contributed by atoms with Crippen LogP contribution < -0.4 is 5.73 Å². The van der Waals surface area contributed by atoms with Gasteiger partial charge in [0.15, 0.2) is 5.82 Å². The van der Waals surface area contributed by atoms with E-state index < -0.39 is 0 Å². The highest BCUT2D eigenvalue weighted by Crippen LogP contribution is 2.19. The van der Waals surface area contributed by atoms with Crippen molar-refractivity contribution in [3.05, 3.63) is 22.8 Å². The third-order valence-corrected chi connectivity index (χ3v) is 2.73. The molecule has 0 aromatic carbocycles. The lowest BCUT2D eigenvalue weighted by Crippen LogP contribution is -2.09. The highest BCUT2D eigenvalue weighted by molar-refractivity contribution is 5.27. The molecule has 7 heteroatoms. The molecular formula is C10H17N7. The molecule has 2 aromatic rings. The molecule has 92 valence electrons. The summed E-state index contributed by atoms with van der Waals surface area (Å²) in [4.78, 5) is 1.44. The molecule has 0 radical (unpaired) electrons. The normalized spacial score (nSPS) is 13.0. The Bertz CT molecular complexity index is 523. The van der Waals surface area contributed by atoms with Gasteiger partial charge in [0.2, 0.25) is 0 Å². The molecule has 1 atom stereocenters. The zero-order chi connectivity index (χ0) is 12.6. The minimum atomic E-state index is -0.0152. The Kier molecular flexibility index (Phi) is 2.93. The number of tetrazole rings is 1. The molecule has 0 aliphatic heterocycles. The predicted molar refractivity (Wildman–Crippen MR) is 62.2 cm³/mol. The smallest absolute Gasteiger partial charge is 0.196 e. The van der Waals surface area contributed by atoms with E-state index in [1.165, 1.54) is 4.80 Å². The maximum absolute atomic E-state index is 5.93. The van der Waals surface area contributed by atoms with Crippen LogP contribution in [0.15, 0.2) is 0 Å². The van der Waals surface area contributed by atoms with Crippen molar-refractivity contribution < 1.29 is 0 Å². The van der Waals surface area contributed by atoms with Crippen molar-refractivity contribution in [2.24, 2.45) is 12.8 Å². The second kappa shape index (κ2) is 4.25. The van der Waals surface area contributed by atoms with Crippen LogP contribution in [0.2, 0.25) is 0 Å². The van der Waals surface area contributed by atoms with E-state index in [2.05, 4.69) is 20.5 Å². The third kappa shape index (κ3) is 2.19. The monoisotopic (exact) mass is 235 g/mol. The molecule has 1 unspecified atom stereocenters. The van der Waals surface area contributed by atoms with E-state index in [0.29, 0.717) is 12.4 Å². The fourth-order valence-corrected chi connectivity index (χ4v) is 2.04. The first-order valence-electron chi connectivity index (χ1n) is 5.51. The van der Waals surface area contributed by atoms with Crippen LogP contribution >= 0.6 is 0 Å². The fraction of sp³-hybridized carbons (Fsp3) is 0.600. The Labute approximate surface area is 99.6 Å². The van der Waals surface area contributed by atoms with Gasteiger partial charge >= 0.3 is 0 Å². The predicted octanol–water partition coefficient (Wildman–Crippen LogP) is 0.0914. The molecule has 0 bridgehead atoms. The molecule has 0 spiro atoms. The molecule has 2 N–H and O–H groups in total. The van der Waals surface area contributed by atoms with Crippen molar-refractivity contribution in [2.75, 3.05) is 0 Å². The summed E-state index contributed by atoms with van der Waals surface area (Å²) in [5.74, 6) is 0.648. The average Bonchev–Trinajstić information content (AvgIpc) is 2.73. The molecule has 0 aliphatic carbocycles. The first-order valence-corrected chi connectivity index (χ1v) is 5.51. The van der Waals surface area contributed by atoms with Crippen LogP contribution in [-0.2, 0) is 13.6 Å². The van der Waals surface area contributed by atoms with Crippen LogP contribution in [0.4, 0.5) is 0 Å². The topological polar surface area (TPSA) is 87.4 Å². The number of aryl methyl sites for hydroxylation is 2. The number of hydrogen-bond donors (Lipinski definition) is 1. The van der Waals surface area contributed by atoms with Crippen molar-refractivity contribution >= 4 is 0 Å². The molecule has 17 heavy (non-hydrogen) atoms.